The minimum Gasteiger partial charge on any atom is -0.353 e. The van der Waals surface area contributed by atoms with Gasteiger partial charge >= 0.3 is 0 Å². The minimum atomic E-state index is 0.0383. The van der Waals surface area contributed by atoms with Crippen molar-refractivity contribution in [2.24, 2.45) is 11.8 Å². The number of rotatable bonds is 5. The van der Waals surface area contributed by atoms with Gasteiger partial charge in [-0.1, -0.05) is 25.4 Å². The van der Waals surface area contributed by atoms with E-state index in [1.54, 1.807) is 18.5 Å². The Kier molecular flexibility index (Phi) is 5.17. The lowest BCUT2D eigenvalue weighted by atomic mass is 9.78. The zero-order valence-corrected chi connectivity index (χ0v) is 14.1. The molecule has 0 bridgehead atoms. The molecule has 128 valence electrons. The quantitative estimate of drug-likeness (QED) is 0.905. The van der Waals surface area contributed by atoms with E-state index in [4.69, 9.17) is 4.52 Å². The first-order valence-electron chi connectivity index (χ1n) is 8.53. The molecule has 0 radical (unpaired) electrons. The molecule has 3 rings (SSSR count). The van der Waals surface area contributed by atoms with E-state index < -0.39 is 0 Å². The van der Waals surface area contributed by atoms with Crippen molar-refractivity contribution in [2.75, 3.05) is 0 Å². The van der Waals surface area contributed by atoms with Crippen molar-refractivity contribution in [1.82, 2.24) is 25.4 Å². The Balaban J connectivity index is 1.52. The van der Waals surface area contributed by atoms with Crippen molar-refractivity contribution >= 4 is 5.91 Å². The molecular formula is C17H23N5O2. The van der Waals surface area contributed by atoms with Gasteiger partial charge in [0.05, 0.1) is 0 Å². The fourth-order valence-corrected chi connectivity index (χ4v) is 3.31. The van der Waals surface area contributed by atoms with Crippen LogP contribution < -0.4 is 5.32 Å². The number of aromatic nitrogens is 4. The van der Waals surface area contributed by atoms with Crippen LogP contribution in [0.15, 0.2) is 23.0 Å². The summed E-state index contributed by atoms with van der Waals surface area (Å²) in [5.41, 5.74) is 0. The fourth-order valence-electron chi connectivity index (χ4n) is 3.31. The molecule has 3 atom stereocenters. The first-order valence-corrected chi connectivity index (χ1v) is 8.53. The van der Waals surface area contributed by atoms with Crippen LogP contribution in [0.2, 0.25) is 0 Å². The predicted octanol–water partition coefficient (Wildman–Crippen LogP) is 2.40. The number of aryl methyl sites for hydroxylation is 1. The molecule has 1 saturated carbocycles. The van der Waals surface area contributed by atoms with E-state index in [9.17, 15) is 4.79 Å². The normalized spacial score (nSPS) is 23.8. The Hall–Kier alpha value is -2.31. The van der Waals surface area contributed by atoms with Crippen LogP contribution in [0.4, 0.5) is 0 Å². The molecule has 0 aromatic carbocycles. The lowest BCUT2D eigenvalue weighted by Gasteiger charge is -2.35. The second-order valence-electron chi connectivity index (χ2n) is 6.56. The van der Waals surface area contributed by atoms with Crippen LogP contribution in [0.25, 0.3) is 11.6 Å². The molecular weight excluding hydrogens is 306 g/mol. The van der Waals surface area contributed by atoms with E-state index in [2.05, 4.69) is 39.3 Å². The third-order valence-corrected chi connectivity index (χ3v) is 4.67. The van der Waals surface area contributed by atoms with Gasteiger partial charge < -0.3 is 9.84 Å². The molecule has 2 heterocycles. The van der Waals surface area contributed by atoms with E-state index in [-0.39, 0.29) is 11.9 Å². The van der Waals surface area contributed by atoms with Crippen LogP contribution >= 0.6 is 0 Å². The summed E-state index contributed by atoms with van der Waals surface area (Å²) in [7, 11) is 0. The maximum atomic E-state index is 12.2. The lowest BCUT2D eigenvalue weighted by molar-refractivity contribution is -0.122. The average molecular weight is 329 g/mol. The van der Waals surface area contributed by atoms with Crippen molar-refractivity contribution < 1.29 is 9.32 Å². The molecule has 0 aliphatic heterocycles. The van der Waals surface area contributed by atoms with Gasteiger partial charge in [0.25, 0.3) is 0 Å². The summed E-state index contributed by atoms with van der Waals surface area (Å²) in [6, 6.07) is 1.99. The Bertz CT molecular complexity index is 663. The number of nitrogens with zero attached hydrogens (tertiary/aromatic N) is 4. The van der Waals surface area contributed by atoms with Crippen LogP contribution in [-0.2, 0) is 11.2 Å². The van der Waals surface area contributed by atoms with E-state index in [1.807, 2.05) is 0 Å². The maximum Gasteiger partial charge on any atom is 0.240 e. The number of carbonyl (C=O) groups excluding carboxylic acids is 1. The van der Waals surface area contributed by atoms with Gasteiger partial charge in [-0.2, -0.15) is 4.98 Å². The molecule has 1 aliphatic carbocycles. The van der Waals surface area contributed by atoms with Gasteiger partial charge in [-0.15, -0.1) is 0 Å². The number of hydrogen-bond donors (Lipinski definition) is 1. The van der Waals surface area contributed by atoms with Crippen molar-refractivity contribution in [1.29, 1.82) is 0 Å². The third-order valence-electron chi connectivity index (χ3n) is 4.67. The van der Waals surface area contributed by atoms with Gasteiger partial charge in [0.15, 0.2) is 0 Å². The predicted molar refractivity (Wildman–Crippen MR) is 87.8 cm³/mol. The highest BCUT2D eigenvalue weighted by molar-refractivity contribution is 5.76. The third kappa shape index (κ3) is 3.96. The van der Waals surface area contributed by atoms with Crippen LogP contribution in [0.1, 0.15) is 45.4 Å². The van der Waals surface area contributed by atoms with E-state index >= 15 is 0 Å². The molecule has 0 spiro atoms. The van der Waals surface area contributed by atoms with Crippen molar-refractivity contribution in [3.05, 3.63) is 24.4 Å². The molecule has 1 N–H and O–H groups in total. The van der Waals surface area contributed by atoms with Gasteiger partial charge in [-0.3, -0.25) is 4.79 Å². The van der Waals surface area contributed by atoms with Crippen molar-refractivity contribution in [2.45, 2.75) is 52.0 Å². The zero-order chi connectivity index (χ0) is 16.9. The summed E-state index contributed by atoms with van der Waals surface area (Å²) >= 11 is 0. The molecule has 7 heteroatoms. The number of amides is 1. The van der Waals surface area contributed by atoms with E-state index in [0.717, 1.165) is 0 Å². The maximum absolute atomic E-state index is 12.2. The molecule has 2 aromatic rings. The highest BCUT2D eigenvalue weighted by Gasteiger charge is 2.28. The number of hydrogen-bond acceptors (Lipinski definition) is 6. The van der Waals surface area contributed by atoms with Gasteiger partial charge in [0.2, 0.25) is 23.4 Å². The monoisotopic (exact) mass is 329 g/mol. The summed E-state index contributed by atoms with van der Waals surface area (Å²) in [5, 5.41) is 7.04. The zero-order valence-electron chi connectivity index (χ0n) is 14.1. The van der Waals surface area contributed by atoms with Gasteiger partial charge in [0.1, 0.15) is 0 Å². The molecule has 1 unspecified atom stereocenters. The molecule has 24 heavy (non-hydrogen) atoms. The van der Waals surface area contributed by atoms with Crippen LogP contribution in [0.5, 0.6) is 0 Å². The largest absolute Gasteiger partial charge is 0.353 e. The van der Waals surface area contributed by atoms with Gasteiger partial charge in [0, 0.05) is 31.3 Å². The van der Waals surface area contributed by atoms with Gasteiger partial charge in [-0.05, 0) is 30.7 Å². The van der Waals surface area contributed by atoms with Crippen molar-refractivity contribution in [3.8, 4) is 11.6 Å². The Morgan fingerprint density at radius 1 is 1.21 bits per heavy atom. The van der Waals surface area contributed by atoms with E-state index in [0.29, 0.717) is 42.2 Å². The Morgan fingerprint density at radius 3 is 2.62 bits per heavy atom. The van der Waals surface area contributed by atoms with Crippen molar-refractivity contribution in [3.63, 3.8) is 0 Å². The van der Waals surface area contributed by atoms with Crippen LogP contribution in [0, 0.1) is 11.8 Å². The summed E-state index contributed by atoms with van der Waals surface area (Å²) in [5.74, 6) is 2.29. The molecule has 0 saturated heterocycles. The topological polar surface area (TPSA) is 93.8 Å². The summed E-state index contributed by atoms with van der Waals surface area (Å²) in [6.45, 7) is 4.43. The molecule has 2 aromatic heterocycles. The molecule has 1 aliphatic rings. The van der Waals surface area contributed by atoms with E-state index in [1.165, 1.54) is 19.3 Å². The standard InChI is InChI=1S/C17H23N5O2/c1-11-5-3-6-12(2)15(11)20-13(23)7-8-14-21-17(22-24-14)16-18-9-4-10-19-16/h4,9-12,15H,3,5-8H2,1-2H3,(H,20,23)/t11-,12+,15?. The average Bonchev–Trinajstić information content (AvgIpc) is 3.06. The first kappa shape index (κ1) is 16.5. The Labute approximate surface area is 141 Å². The Morgan fingerprint density at radius 2 is 1.92 bits per heavy atom. The molecule has 1 fully saturated rings. The number of carbonyl (C=O) groups is 1. The second kappa shape index (κ2) is 7.51. The lowest BCUT2D eigenvalue weighted by Crippen LogP contribution is -2.45. The van der Waals surface area contributed by atoms with Gasteiger partial charge in [-0.25, -0.2) is 9.97 Å². The number of nitrogens with one attached hydrogen (secondary N) is 1. The minimum absolute atomic E-state index is 0.0383. The van der Waals surface area contributed by atoms with Crippen LogP contribution in [-0.4, -0.2) is 32.1 Å². The molecule has 7 nitrogen and oxygen atoms in total. The second-order valence-corrected chi connectivity index (χ2v) is 6.56. The summed E-state index contributed by atoms with van der Waals surface area (Å²) < 4.78 is 5.18. The van der Waals surface area contributed by atoms with Crippen LogP contribution in [0.3, 0.4) is 0 Å². The highest BCUT2D eigenvalue weighted by atomic mass is 16.5. The summed E-state index contributed by atoms with van der Waals surface area (Å²) in [4.78, 5) is 24.6. The first-order chi connectivity index (χ1) is 11.6. The SMILES string of the molecule is C[C@@H]1CCC[C@H](C)C1NC(=O)CCc1nc(-c2ncccn2)no1. The summed E-state index contributed by atoms with van der Waals surface area (Å²) in [6.07, 6.45) is 7.62. The smallest absolute Gasteiger partial charge is 0.240 e. The molecule has 1 amide bonds. The fraction of sp³-hybridized carbons (Fsp3) is 0.588. The highest BCUT2D eigenvalue weighted by Crippen LogP contribution is 2.28.